The summed E-state index contributed by atoms with van der Waals surface area (Å²) in [7, 11) is -1.60. The van der Waals surface area contributed by atoms with Crippen LogP contribution in [-0.4, -0.2) is 15.5 Å². The van der Waals surface area contributed by atoms with Gasteiger partial charge in [-0.05, 0) is 40.5 Å². The Labute approximate surface area is 129 Å². The number of halogens is 1. The predicted molar refractivity (Wildman–Crippen MR) is 83.1 cm³/mol. The highest BCUT2D eigenvalue weighted by Gasteiger charge is 2.16. The SMILES string of the molecule is CNCc1cc(S(=O)(=O)NCc2sccc2Br)cs1. The van der Waals surface area contributed by atoms with Crippen LogP contribution < -0.4 is 10.0 Å². The van der Waals surface area contributed by atoms with Crippen molar-refractivity contribution in [1.82, 2.24) is 10.0 Å². The smallest absolute Gasteiger partial charge is 0.241 e. The fourth-order valence-electron chi connectivity index (χ4n) is 1.46. The Balaban J connectivity index is 2.07. The molecule has 0 amide bonds. The van der Waals surface area contributed by atoms with Gasteiger partial charge in [0.2, 0.25) is 10.0 Å². The van der Waals surface area contributed by atoms with Crippen LogP contribution in [0, 0.1) is 0 Å². The first-order chi connectivity index (χ1) is 9.03. The maximum Gasteiger partial charge on any atom is 0.241 e. The average Bonchev–Trinajstić information content (AvgIpc) is 2.97. The third kappa shape index (κ3) is 3.87. The van der Waals surface area contributed by atoms with E-state index in [0.29, 0.717) is 18.0 Å². The first-order valence-corrected chi connectivity index (χ1v) is 9.50. The zero-order valence-electron chi connectivity index (χ0n) is 10.1. The van der Waals surface area contributed by atoms with Crippen molar-refractivity contribution in [2.75, 3.05) is 7.05 Å². The van der Waals surface area contributed by atoms with Gasteiger partial charge in [-0.1, -0.05) is 0 Å². The topological polar surface area (TPSA) is 58.2 Å². The highest BCUT2D eigenvalue weighted by atomic mass is 79.9. The average molecular weight is 381 g/mol. The zero-order chi connectivity index (χ0) is 13.9. The van der Waals surface area contributed by atoms with Gasteiger partial charge in [0, 0.05) is 32.7 Å². The summed E-state index contributed by atoms with van der Waals surface area (Å²) in [6.45, 7) is 0.981. The van der Waals surface area contributed by atoms with E-state index in [1.165, 1.54) is 22.7 Å². The van der Waals surface area contributed by atoms with Crippen LogP contribution >= 0.6 is 38.6 Å². The molecular formula is C11H13BrN2O2S3. The minimum atomic E-state index is -3.43. The molecule has 0 atom stereocenters. The molecule has 0 spiro atoms. The highest BCUT2D eigenvalue weighted by Crippen LogP contribution is 2.24. The molecule has 4 nitrogen and oxygen atoms in total. The van der Waals surface area contributed by atoms with Crippen LogP contribution in [-0.2, 0) is 23.1 Å². The molecule has 0 radical (unpaired) electrons. The minimum Gasteiger partial charge on any atom is -0.315 e. The van der Waals surface area contributed by atoms with E-state index in [0.717, 1.165) is 14.2 Å². The molecule has 0 fully saturated rings. The van der Waals surface area contributed by atoms with Crippen molar-refractivity contribution in [3.05, 3.63) is 37.1 Å². The Kier molecular flexibility index (Phi) is 5.15. The molecule has 2 rings (SSSR count). The molecule has 0 saturated carbocycles. The summed E-state index contributed by atoms with van der Waals surface area (Å²) in [5.74, 6) is 0. The number of hydrogen-bond acceptors (Lipinski definition) is 5. The lowest BCUT2D eigenvalue weighted by atomic mass is 10.5. The minimum absolute atomic E-state index is 0.303. The number of hydrogen-bond donors (Lipinski definition) is 2. The molecule has 2 aromatic rings. The predicted octanol–water partition coefficient (Wildman–Crippen LogP) is 2.77. The van der Waals surface area contributed by atoms with Gasteiger partial charge in [-0.2, -0.15) is 0 Å². The molecule has 2 heterocycles. The van der Waals surface area contributed by atoms with Gasteiger partial charge in [-0.15, -0.1) is 22.7 Å². The second kappa shape index (κ2) is 6.47. The van der Waals surface area contributed by atoms with E-state index in [2.05, 4.69) is 26.0 Å². The Morgan fingerprint density at radius 1 is 1.32 bits per heavy atom. The van der Waals surface area contributed by atoms with Gasteiger partial charge in [-0.25, -0.2) is 13.1 Å². The maximum absolute atomic E-state index is 12.1. The quantitative estimate of drug-likeness (QED) is 0.809. The van der Waals surface area contributed by atoms with Crippen LogP contribution in [0.2, 0.25) is 0 Å². The fourth-order valence-corrected chi connectivity index (χ4v) is 5.27. The molecular weight excluding hydrogens is 368 g/mol. The molecule has 2 aromatic heterocycles. The van der Waals surface area contributed by atoms with Crippen LogP contribution in [0.25, 0.3) is 0 Å². The number of sulfonamides is 1. The third-order valence-electron chi connectivity index (χ3n) is 2.40. The summed E-state index contributed by atoms with van der Waals surface area (Å²) in [6, 6.07) is 3.61. The summed E-state index contributed by atoms with van der Waals surface area (Å²) in [5.41, 5.74) is 0. The zero-order valence-corrected chi connectivity index (χ0v) is 14.2. The summed E-state index contributed by atoms with van der Waals surface area (Å²) < 4.78 is 27.8. The van der Waals surface area contributed by atoms with Crippen molar-refractivity contribution < 1.29 is 8.42 Å². The lowest BCUT2D eigenvalue weighted by Gasteiger charge is -2.03. The van der Waals surface area contributed by atoms with Gasteiger partial charge in [-0.3, -0.25) is 0 Å². The molecule has 0 aliphatic heterocycles. The van der Waals surface area contributed by atoms with Crippen molar-refractivity contribution in [1.29, 1.82) is 0 Å². The van der Waals surface area contributed by atoms with Gasteiger partial charge in [0.05, 0.1) is 4.90 Å². The van der Waals surface area contributed by atoms with Gasteiger partial charge in [0.1, 0.15) is 0 Å². The normalized spacial score (nSPS) is 11.9. The lowest BCUT2D eigenvalue weighted by Crippen LogP contribution is -2.22. The van der Waals surface area contributed by atoms with Gasteiger partial charge < -0.3 is 5.32 Å². The molecule has 0 aromatic carbocycles. The van der Waals surface area contributed by atoms with Crippen molar-refractivity contribution in [2.45, 2.75) is 18.0 Å². The van der Waals surface area contributed by atoms with E-state index >= 15 is 0 Å². The number of nitrogens with one attached hydrogen (secondary N) is 2. The lowest BCUT2D eigenvalue weighted by molar-refractivity contribution is 0.582. The second-order valence-electron chi connectivity index (χ2n) is 3.80. The molecule has 19 heavy (non-hydrogen) atoms. The van der Waals surface area contributed by atoms with E-state index in [-0.39, 0.29) is 0 Å². The summed E-state index contributed by atoms with van der Waals surface area (Å²) in [4.78, 5) is 2.30. The largest absolute Gasteiger partial charge is 0.315 e. The third-order valence-corrected chi connectivity index (χ3v) is 6.80. The Hall–Kier alpha value is -0.250. The van der Waals surface area contributed by atoms with E-state index in [4.69, 9.17) is 0 Å². The first-order valence-electron chi connectivity index (χ1n) is 5.46. The Morgan fingerprint density at radius 2 is 2.11 bits per heavy atom. The standard InChI is InChI=1S/C11H13BrN2O2S3/c1-13-5-8-4-9(7-18-8)19(15,16)14-6-11-10(12)2-3-17-11/h2-4,7,13-14H,5-6H2,1H3. The molecule has 104 valence electrons. The Bertz CT molecular complexity index is 648. The van der Waals surface area contributed by atoms with Gasteiger partial charge >= 0.3 is 0 Å². The molecule has 0 saturated heterocycles. The summed E-state index contributed by atoms with van der Waals surface area (Å²) in [5, 5.41) is 6.59. The number of thiophene rings is 2. The fraction of sp³-hybridized carbons (Fsp3) is 0.273. The monoisotopic (exact) mass is 380 g/mol. The first kappa shape index (κ1) is 15.1. The van der Waals surface area contributed by atoms with E-state index in [1.54, 1.807) is 11.4 Å². The summed E-state index contributed by atoms with van der Waals surface area (Å²) >= 11 is 6.34. The molecule has 2 N–H and O–H groups in total. The highest BCUT2D eigenvalue weighted by molar-refractivity contribution is 9.10. The van der Waals surface area contributed by atoms with Crippen LogP contribution in [0.4, 0.5) is 0 Å². The van der Waals surface area contributed by atoms with E-state index < -0.39 is 10.0 Å². The van der Waals surface area contributed by atoms with E-state index in [9.17, 15) is 8.42 Å². The van der Waals surface area contributed by atoms with Crippen LogP contribution in [0.15, 0.2) is 32.3 Å². The van der Waals surface area contributed by atoms with Crippen molar-refractivity contribution in [3.63, 3.8) is 0 Å². The Morgan fingerprint density at radius 3 is 2.74 bits per heavy atom. The molecule has 0 aliphatic carbocycles. The number of rotatable bonds is 6. The van der Waals surface area contributed by atoms with E-state index in [1.807, 2.05) is 18.5 Å². The van der Waals surface area contributed by atoms with Crippen LogP contribution in [0.5, 0.6) is 0 Å². The molecule has 8 heteroatoms. The van der Waals surface area contributed by atoms with Gasteiger partial charge in [0.15, 0.2) is 0 Å². The van der Waals surface area contributed by atoms with Crippen molar-refractivity contribution in [3.8, 4) is 0 Å². The van der Waals surface area contributed by atoms with Crippen LogP contribution in [0.1, 0.15) is 9.75 Å². The molecule has 0 bridgehead atoms. The van der Waals surface area contributed by atoms with Crippen LogP contribution in [0.3, 0.4) is 0 Å². The second-order valence-corrected chi connectivity index (χ2v) is 8.41. The maximum atomic E-state index is 12.1. The van der Waals surface area contributed by atoms with Crippen molar-refractivity contribution in [2.24, 2.45) is 0 Å². The van der Waals surface area contributed by atoms with Crippen molar-refractivity contribution >= 4 is 48.6 Å². The molecule has 0 unspecified atom stereocenters. The van der Waals surface area contributed by atoms with Gasteiger partial charge in [0.25, 0.3) is 0 Å². The molecule has 0 aliphatic rings. The summed E-state index contributed by atoms with van der Waals surface area (Å²) in [6.07, 6.45) is 0.